The molecule has 0 bridgehead atoms. The molecule has 0 unspecified atom stereocenters. The first-order valence-electron chi connectivity index (χ1n) is 6.33. The number of nitrogens with one attached hydrogen (secondary N) is 1. The molecule has 0 atom stereocenters. The zero-order valence-corrected chi connectivity index (χ0v) is 9.93. The van der Waals surface area contributed by atoms with Crippen molar-refractivity contribution in [2.24, 2.45) is 0 Å². The van der Waals surface area contributed by atoms with E-state index in [-0.39, 0.29) is 0 Å². The molecule has 88 valence electrons. The molecular weight excluding hydrogens is 188 g/mol. The Morgan fingerprint density at radius 2 is 2.13 bits per heavy atom. The molecule has 1 aliphatic heterocycles. The van der Waals surface area contributed by atoms with Crippen LogP contribution in [0.1, 0.15) is 45.4 Å². The fourth-order valence-corrected chi connectivity index (χ4v) is 1.97. The normalized spacial score (nSPS) is 17.9. The van der Waals surface area contributed by atoms with Gasteiger partial charge >= 0.3 is 0 Å². The van der Waals surface area contributed by atoms with Gasteiger partial charge in [0.25, 0.3) is 0 Å². The van der Waals surface area contributed by atoms with Crippen LogP contribution in [-0.4, -0.2) is 37.0 Å². The van der Waals surface area contributed by atoms with Crippen LogP contribution in [-0.2, 0) is 4.79 Å². The maximum absolute atomic E-state index is 11.6. The van der Waals surface area contributed by atoms with Gasteiger partial charge in [0.05, 0.1) is 0 Å². The van der Waals surface area contributed by atoms with E-state index in [1.54, 1.807) is 0 Å². The zero-order valence-electron chi connectivity index (χ0n) is 9.93. The highest BCUT2D eigenvalue weighted by molar-refractivity contribution is 5.76. The number of rotatable bonds is 6. The summed E-state index contributed by atoms with van der Waals surface area (Å²) < 4.78 is 0. The molecule has 1 rings (SSSR count). The summed E-state index contributed by atoms with van der Waals surface area (Å²) in [7, 11) is 0. The van der Waals surface area contributed by atoms with E-state index in [2.05, 4.69) is 12.2 Å². The Hall–Kier alpha value is -0.570. The summed E-state index contributed by atoms with van der Waals surface area (Å²) in [5.74, 6) is 0.364. The summed E-state index contributed by atoms with van der Waals surface area (Å²) in [5, 5.41) is 3.37. The largest absolute Gasteiger partial charge is 0.343 e. The van der Waals surface area contributed by atoms with Crippen LogP contribution in [0.4, 0.5) is 0 Å². The molecule has 0 saturated carbocycles. The van der Waals surface area contributed by atoms with Crippen LogP contribution in [0.5, 0.6) is 0 Å². The quantitative estimate of drug-likeness (QED) is 0.681. The third kappa shape index (κ3) is 5.17. The Bertz CT molecular complexity index is 182. The minimum Gasteiger partial charge on any atom is -0.343 e. The van der Waals surface area contributed by atoms with Gasteiger partial charge in [-0.05, 0) is 38.8 Å². The number of carbonyl (C=O) groups excluding carboxylic acids is 1. The fraction of sp³-hybridized carbons (Fsp3) is 0.917. The molecular formula is C12H24N2O. The number of nitrogens with zero attached hydrogens (tertiary/aromatic N) is 1. The Morgan fingerprint density at radius 1 is 1.27 bits per heavy atom. The summed E-state index contributed by atoms with van der Waals surface area (Å²) in [4.78, 5) is 13.7. The van der Waals surface area contributed by atoms with Gasteiger partial charge in [0, 0.05) is 19.5 Å². The summed E-state index contributed by atoms with van der Waals surface area (Å²) >= 11 is 0. The maximum Gasteiger partial charge on any atom is 0.222 e. The maximum atomic E-state index is 11.6. The van der Waals surface area contributed by atoms with E-state index in [1.807, 2.05) is 4.90 Å². The monoisotopic (exact) mass is 212 g/mol. The average Bonchev–Trinajstić information content (AvgIpc) is 2.44. The Balaban J connectivity index is 2.10. The van der Waals surface area contributed by atoms with Crippen molar-refractivity contribution in [3.05, 3.63) is 0 Å². The first kappa shape index (κ1) is 12.5. The van der Waals surface area contributed by atoms with Crippen molar-refractivity contribution < 1.29 is 4.79 Å². The van der Waals surface area contributed by atoms with Crippen molar-refractivity contribution in [2.75, 3.05) is 26.2 Å². The van der Waals surface area contributed by atoms with Crippen molar-refractivity contribution in [3.63, 3.8) is 0 Å². The lowest BCUT2D eigenvalue weighted by Gasteiger charge is -2.20. The van der Waals surface area contributed by atoms with Crippen molar-refractivity contribution in [3.8, 4) is 0 Å². The third-order valence-corrected chi connectivity index (χ3v) is 2.88. The van der Waals surface area contributed by atoms with E-state index in [1.165, 1.54) is 19.3 Å². The third-order valence-electron chi connectivity index (χ3n) is 2.88. The highest BCUT2D eigenvalue weighted by Crippen LogP contribution is 2.10. The molecule has 1 heterocycles. The molecule has 0 radical (unpaired) electrons. The van der Waals surface area contributed by atoms with Crippen molar-refractivity contribution >= 4 is 5.91 Å². The smallest absolute Gasteiger partial charge is 0.222 e. The molecule has 0 aromatic rings. The molecule has 1 saturated heterocycles. The number of likely N-dealkylation sites (tertiary alicyclic amines) is 1. The molecule has 1 fully saturated rings. The number of hydrogen-bond acceptors (Lipinski definition) is 2. The average molecular weight is 212 g/mol. The second-order valence-electron chi connectivity index (χ2n) is 4.30. The van der Waals surface area contributed by atoms with E-state index in [9.17, 15) is 4.79 Å². The Kier molecular flexibility index (Phi) is 6.41. The minimum atomic E-state index is 0.364. The van der Waals surface area contributed by atoms with E-state index < -0.39 is 0 Å². The molecule has 0 spiro atoms. The van der Waals surface area contributed by atoms with E-state index in [4.69, 9.17) is 0 Å². The highest BCUT2D eigenvalue weighted by Gasteiger charge is 2.15. The molecule has 15 heavy (non-hydrogen) atoms. The van der Waals surface area contributed by atoms with E-state index in [0.717, 1.165) is 45.4 Å². The summed E-state index contributed by atoms with van der Waals surface area (Å²) in [6, 6.07) is 0. The van der Waals surface area contributed by atoms with Crippen LogP contribution in [0.25, 0.3) is 0 Å². The zero-order chi connectivity index (χ0) is 10.9. The molecule has 1 N–H and O–H groups in total. The van der Waals surface area contributed by atoms with Crippen LogP contribution >= 0.6 is 0 Å². The van der Waals surface area contributed by atoms with Gasteiger partial charge in [-0.25, -0.2) is 0 Å². The Morgan fingerprint density at radius 3 is 2.93 bits per heavy atom. The van der Waals surface area contributed by atoms with E-state index in [0.29, 0.717) is 5.91 Å². The second-order valence-corrected chi connectivity index (χ2v) is 4.30. The molecule has 3 heteroatoms. The lowest BCUT2D eigenvalue weighted by atomic mass is 10.2. The van der Waals surface area contributed by atoms with Crippen LogP contribution in [0.2, 0.25) is 0 Å². The lowest BCUT2D eigenvalue weighted by molar-refractivity contribution is -0.130. The van der Waals surface area contributed by atoms with Crippen LogP contribution in [0, 0.1) is 0 Å². The van der Waals surface area contributed by atoms with Gasteiger partial charge in [-0.2, -0.15) is 0 Å². The fourth-order valence-electron chi connectivity index (χ4n) is 1.97. The van der Waals surface area contributed by atoms with Crippen molar-refractivity contribution in [2.45, 2.75) is 45.4 Å². The molecule has 1 amide bonds. The van der Waals surface area contributed by atoms with Gasteiger partial charge in [-0.15, -0.1) is 0 Å². The van der Waals surface area contributed by atoms with Crippen LogP contribution in [0.3, 0.4) is 0 Å². The standard InChI is InChI=1S/C12H24N2O/c1-2-8-13-9-6-11-14-10-5-3-4-7-12(14)15/h13H,2-11H2,1H3. The lowest BCUT2D eigenvalue weighted by Crippen LogP contribution is -2.33. The second kappa shape index (κ2) is 7.69. The molecule has 3 nitrogen and oxygen atoms in total. The van der Waals surface area contributed by atoms with Gasteiger partial charge in [0.15, 0.2) is 0 Å². The van der Waals surface area contributed by atoms with Gasteiger partial charge in [0.2, 0.25) is 5.91 Å². The highest BCUT2D eigenvalue weighted by atomic mass is 16.2. The predicted octanol–water partition coefficient (Wildman–Crippen LogP) is 1.78. The van der Waals surface area contributed by atoms with Gasteiger partial charge < -0.3 is 10.2 Å². The topological polar surface area (TPSA) is 32.3 Å². The molecule has 0 aromatic heterocycles. The number of hydrogen-bond donors (Lipinski definition) is 1. The van der Waals surface area contributed by atoms with E-state index >= 15 is 0 Å². The first-order chi connectivity index (χ1) is 7.34. The number of amides is 1. The van der Waals surface area contributed by atoms with Crippen LogP contribution in [0.15, 0.2) is 0 Å². The first-order valence-corrected chi connectivity index (χ1v) is 6.33. The molecule has 0 aromatic carbocycles. The summed E-state index contributed by atoms with van der Waals surface area (Å²) in [5.41, 5.74) is 0. The van der Waals surface area contributed by atoms with Crippen molar-refractivity contribution in [1.29, 1.82) is 0 Å². The predicted molar refractivity (Wildman–Crippen MR) is 62.8 cm³/mol. The Labute approximate surface area is 93.2 Å². The molecule has 1 aliphatic rings. The summed E-state index contributed by atoms with van der Waals surface area (Å²) in [6.45, 7) is 6.22. The SMILES string of the molecule is CCCNCCCN1CCCCCC1=O. The van der Waals surface area contributed by atoms with Crippen molar-refractivity contribution in [1.82, 2.24) is 10.2 Å². The van der Waals surface area contributed by atoms with Crippen LogP contribution < -0.4 is 5.32 Å². The molecule has 0 aliphatic carbocycles. The van der Waals surface area contributed by atoms with Gasteiger partial charge in [0.1, 0.15) is 0 Å². The number of carbonyl (C=O) groups is 1. The van der Waals surface area contributed by atoms with Gasteiger partial charge in [-0.3, -0.25) is 4.79 Å². The van der Waals surface area contributed by atoms with Gasteiger partial charge in [-0.1, -0.05) is 13.3 Å². The minimum absolute atomic E-state index is 0.364. The summed E-state index contributed by atoms with van der Waals surface area (Å²) in [6.07, 6.45) is 6.53.